The van der Waals surface area contributed by atoms with Crippen molar-refractivity contribution in [2.24, 2.45) is 11.8 Å². The normalized spacial score (nSPS) is 12.9. The van der Waals surface area contributed by atoms with Gasteiger partial charge in [-0.15, -0.1) is 0 Å². The molecule has 0 aliphatic rings. The second kappa shape index (κ2) is 17.0. The number of ether oxygens (including phenoxy) is 4. The van der Waals surface area contributed by atoms with Gasteiger partial charge in [-0.25, -0.2) is 9.59 Å². The number of carbonyl (C=O) groups is 2. The first-order chi connectivity index (χ1) is 12.6. The van der Waals surface area contributed by atoms with Gasteiger partial charge in [0.15, 0.2) is 0 Å². The van der Waals surface area contributed by atoms with Crippen LogP contribution >= 0.6 is 0 Å². The zero-order valence-electron chi connectivity index (χ0n) is 17.1. The van der Waals surface area contributed by atoms with E-state index in [0.717, 1.165) is 51.4 Å². The van der Waals surface area contributed by atoms with Gasteiger partial charge in [-0.05, 0) is 24.7 Å². The zero-order valence-corrected chi connectivity index (χ0v) is 17.1. The molecule has 0 amide bonds. The Morgan fingerprint density at radius 2 is 1.04 bits per heavy atom. The van der Waals surface area contributed by atoms with Crippen molar-refractivity contribution in [3.63, 3.8) is 0 Å². The van der Waals surface area contributed by atoms with Crippen LogP contribution in [0.1, 0.15) is 79.1 Å². The van der Waals surface area contributed by atoms with E-state index in [2.05, 4.69) is 27.7 Å². The highest BCUT2D eigenvalue weighted by Crippen LogP contribution is 2.14. The van der Waals surface area contributed by atoms with Crippen LogP contribution in [0.3, 0.4) is 0 Å². The summed E-state index contributed by atoms with van der Waals surface area (Å²) in [7, 11) is 0. The van der Waals surface area contributed by atoms with Crippen molar-refractivity contribution in [3.8, 4) is 0 Å². The van der Waals surface area contributed by atoms with Gasteiger partial charge < -0.3 is 18.9 Å². The topological polar surface area (TPSA) is 71.1 Å². The van der Waals surface area contributed by atoms with Crippen molar-refractivity contribution in [1.29, 1.82) is 0 Å². The summed E-state index contributed by atoms with van der Waals surface area (Å²) in [4.78, 5) is 23.0. The lowest BCUT2D eigenvalue weighted by Gasteiger charge is -2.15. The second-order valence-electron chi connectivity index (χ2n) is 6.65. The quantitative estimate of drug-likeness (QED) is 0.269. The van der Waals surface area contributed by atoms with Gasteiger partial charge in [-0.2, -0.15) is 0 Å². The molecule has 0 rings (SSSR count). The molecule has 0 radical (unpaired) electrons. The molecular formula is C20H38O6. The standard InChI is InChI=1S/C20H38O6/c1-5-9-11-17(7-3)15-25-19(21)23-13-14-24-20(22)26-16-18(8-4)12-10-6-2/h17-18H,5-16H2,1-4H3. The van der Waals surface area contributed by atoms with E-state index in [4.69, 9.17) is 18.9 Å². The molecule has 0 bridgehead atoms. The predicted molar refractivity (Wildman–Crippen MR) is 101 cm³/mol. The molecule has 0 aliphatic carbocycles. The lowest BCUT2D eigenvalue weighted by Crippen LogP contribution is -2.19. The summed E-state index contributed by atoms with van der Waals surface area (Å²) < 4.78 is 20.0. The van der Waals surface area contributed by atoms with Crippen LogP contribution in [0.5, 0.6) is 0 Å². The van der Waals surface area contributed by atoms with E-state index in [1.807, 2.05) is 0 Å². The van der Waals surface area contributed by atoms with Gasteiger partial charge in [0.05, 0.1) is 13.2 Å². The predicted octanol–water partition coefficient (Wildman–Crippen LogP) is 5.73. The lowest BCUT2D eigenvalue weighted by atomic mass is 10.0. The molecule has 0 aliphatic heterocycles. The van der Waals surface area contributed by atoms with E-state index in [-0.39, 0.29) is 13.2 Å². The molecule has 0 spiro atoms. The van der Waals surface area contributed by atoms with Gasteiger partial charge in [-0.3, -0.25) is 0 Å². The smallest absolute Gasteiger partial charge is 0.434 e. The number of rotatable bonds is 15. The van der Waals surface area contributed by atoms with E-state index in [0.29, 0.717) is 25.0 Å². The third kappa shape index (κ3) is 13.8. The molecule has 0 aromatic carbocycles. The molecule has 0 aromatic rings. The summed E-state index contributed by atoms with van der Waals surface area (Å²) in [6.45, 7) is 9.11. The SMILES string of the molecule is CCCCC(CC)COC(=O)OCCOC(=O)OCC(CC)CCCC. The summed E-state index contributed by atoms with van der Waals surface area (Å²) in [5.74, 6) is 0.737. The van der Waals surface area contributed by atoms with Crippen LogP contribution in [0, 0.1) is 11.8 Å². The van der Waals surface area contributed by atoms with Crippen molar-refractivity contribution < 1.29 is 28.5 Å². The van der Waals surface area contributed by atoms with Crippen LogP contribution in [-0.2, 0) is 18.9 Å². The summed E-state index contributed by atoms with van der Waals surface area (Å²) in [5, 5.41) is 0. The summed E-state index contributed by atoms with van der Waals surface area (Å²) in [6, 6.07) is 0. The molecule has 0 aromatic heterocycles. The molecule has 0 N–H and O–H groups in total. The Balaban J connectivity index is 3.73. The Kier molecular flexibility index (Phi) is 16.0. The fraction of sp³-hybridized carbons (Fsp3) is 0.900. The summed E-state index contributed by atoms with van der Waals surface area (Å²) in [6.07, 6.45) is 7.12. The van der Waals surface area contributed by atoms with Crippen molar-refractivity contribution >= 4 is 12.3 Å². The fourth-order valence-corrected chi connectivity index (χ4v) is 2.50. The Morgan fingerprint density at radius 3 is 1.35 bits per heavy atom. The Morgan fingerprint density at radius 1 is 0.654 bits per heavy atom. The van der Waals surface area contributed by atoms with Crippen LogP contribution in [0.25, 0.3) is 0 Å². The Hall–Kier alpha value is -1.46. The fourth-order valence-electron chi connectivity index (χ4n) is 2.50. The van der Waals surface area contributed by atoms with Crippen LogP contribution in [0.4, 0.5) is 9.59 Å². The van der Waals surface area contributed by atoms with Crippen molar-refractivity contribution in [3.05, 3.63) is 0 Å². The maximum absolute atomic E-state index is 11.5. The molecule has 2 unspecified atom stereocenters. The summed E-state index contributed by atoms with van der Waals surface area (Å²) >= 11 is 0. The van der Waals surface area contributed by atoms with Gasteiger partial charge in [0.25, 0.3) is 0 Å². The van der Waals surface area contributed by atoms with Gasteiger partial charge in [0.1, 0.15) is 13.2 Å². The molecule has 0 saturated carbocycles. The van der Waals surface area contributed by atoms with Gasteiger partial charge >= 0.3 is 12.3 Å². The average molecular weight is 375 g/mol. The minimum Gasteiger partial charge on any atom is -0.434 e. The maximum Gasteiger partial charge on any atom is 0.508 e. The van der Waals surface area contributed by atoms with Crippen LogP contribution < -0.4 is 0 Å². The number of hydrogen-bond acceptors (Lipinski definition) is 6. The monoisotopic (exact) mass is 374 g/mol. The minimum absolute atomic E-state index is 0.0350. The molecule has 6 nitrogen and oxygen atoms in total. The molecule has 26 heavy (non-hydrogen) atoms. The van der Waals surface area contributed by atoms with Gasteiger partial charge in [0, 0.05) is 0 Å². The molecule has 154 valence electrons. The lowest BCUT2D eigenvalue weighted by molar-refractivity contribution is 0.00912. The van der Waals surface area contributed by atoms with Crippen molar-refractivity contribution in [1.82, 2.24) is 0 Å². The number of carbonyl (C=O) groups excluding carboxylic acids is 2. The van der Waals surface area contributed by atoms with Crippen LogP contribution in [-0.4, -0.2) is 38.7 Å². The highest BCUT2D eigenvalue weighted by Gasteiger charge is 2.13. The highest BCUT2D eigenvalue weighted by atomic mass is 16.7. The second-order valence-corrected chi connectivity index (χ2v) is 6.65. The van der Waals surface area contributed by atoms with Crippen molar-refractivity contribution in [2.45, 2.75) is 79.1 Å². The van der Waals surface area contributed by atoms with E-state index in [9.17, 15) is 9.59 Å². The van der Waals surface area contributed by atoms with E-state index in [1.165, 1.54) is 0 Å². The first-order valence-electron chi connectivity index (χ1n) is 10.2. The summed E-state index contributed by atoms with van der Waals surface area (Å²) in [5.41, 5.74) is 0. The number of unbranched alkanes of at least 4 members (excludes halogenated alkanes) is 2. The Bertz CT molecular complexity index is 324. The average Bonchev–Trinajstić information content (AvgIpc) is 2.65. The molecule has 6 heteroatoms. The molecule has 0 saturated heterocycles. The van der Waals surface area contributed by atoms with Gasteiger partial charge in [-0.1, -0.05) is 66.2 Å². The first-order valence-corrected chi connectivity index (χ1v) is 10.2. The zero-order chi connectivity index (χ0) is 19.6. The molecule has 0 fully saturated rings. The molecule has 0 heterocycles. The van der Waals surface area contributed by atoms with E-state index in [1.54, 1.807) is 0 Å². The third-order valence-electron chi connectivity index (χ3n) is 4.48. The van der Waals surface area contributed by atoms with Crippen LogP contribution in [0.15, 0.2) is 0 Å². The Labute approximate surface area is 158 Å². The largest absolute Gasteiger partial charge is 0.508 e. The van der Waals surface area contributed by atoms with Crippen molar-refractivity contribution in [2.75, 3.05) is 26.4 Å². The molecule has 2 atom stereocenters. The van der Waals surface area contributed by atoms with Crippen LogP contribution in [0.2, 0.25) is 0 Å². The number of hydrogen-bond donors (Lipinski definition) is 0. The van der Waals surface area contributed by atoms with Gasteiger partial charge in [0.2, 0.25) is 0 Å². The minimum atomic E-state index is -0.720. The third-order valence-corrected chi connectivity index (χ3v) is 4.48. The highest BCUT2D eigenvalue weighted by molar-refractivity contribution is 5.60. The molecular weight excluding hydrogens is 336 g/mol. The van der Waals surface area contributed by atoms with E-state index >= 15 is 0 Å². The van der Waals surface area contributed by atoms with E-state index < -0.39 is 12.3 Å². The maximum atomic E-state index is 11.5. The first kappa shape index (κ1) is 24.5.